The number of hydrogen-bond acceptors (Lipinski definition) is 4. The summed E-state index contributed by atoms with van der Waals surface area (Å²) in [6, 6.07) is 0. The number of ether oxygens (including phenoxy) is 1. The van der Waals surface area contributed by atoms with Gasteiger partial charge in [-0.2, -0.15) is 0 Å². The molecule has 1 N–H and O–H groups in total. The van der Waals surface area contributed by atoms with Crippen LogP contribution in [0.25, 0.3) is 0 Å². The molecule has 4 heteroatoms. The molecule has 0 saturated heterocycles. The third-order valence-corrected chi connectivity index (χ3v) is 2.14. The van der Waals surface area contributed by atoms with Crippen molar-refractivity contribution in [1.82, 2.24) is 4.90 Å². The van der Waals surface area contributed by atoms with Gasteiger partial charge in [-0.3, -0.25) is 9.69 Å². The summed E-state index contributed by atoms with van der Waals surface area (Å²) < 4.78 is 4.87. The van der Waals surface area contributed by atoms with Crippen LogP contribution in [0.3, 0.4) is 0 Å². The van der Waals surface area contributed by atoms with Crippen LogP contribution in [-0.4, -0.2) is 48.3 Å². The van der Waals surface area contributed by atoms with Crippen molar-refractivity contribution in [3.63, 3.8) is 0 Å². The Balaban J connectivity index is 3.96. The molecule has 0 heterocycles. The van der Waals surface area contributed by atoms with Gasteiger partial charge >= 0.3 is 5.97 Å². The van der Waals surface area contributed by atoms with Crippen molar-refractivity contribution in [2.75, 3.05) is 26.2 Å². The van der Waals surface area contributed by atoms with Crippen LogP contribution in [0.4, 0.5) is 0 Å². The molecule has 1 unspecified atom stereocenters. The Labute approximate surface area is 92.2 Å². The summed E-state index contributed by atoms with van der Waals surface area (Å²) in [5, 5.41) is 9.50. The molecule has 0 aliphatic rings. The quantitative estimate of drug-likeness (QED) is 0.617. The minimum Gasteiger partial charge on any atom is -0.465 e. The maximum atomic E-state index is 11.3. The van der Waals surface area contributed by atoms with Gasteiger partial charge in [0.25, 0.3) is 0 Å². The molecule has 0 aromatic heterocycles. The molecule has 0 aromatic rings. The van der Waals surface area contributed by atoms with E-state index in [1.807, 2.05) is 11.8 Å². The third kappa shape index (κ3) is 7.33. The number of rotatable bonds is 8. The maximum Gasteiger partial charge on any atom is 0.320 e. The Bertz CT molecular complexity index is 173. The number of esters is 1. The third-order valence-electron chi connectivity index (χ3n) is 2.14. The number of aliphatic hydroxyl groups excluding tert-OH is 1. The van der Waals surface area contributed by atoms with Crippen molar-refractivity contribution in [2.24, 2.45) is 0 Å². The summed E-state index contributed by atoms with van der Waals surface area (Å²) in [5.41, 5.74) is 0. The molecule has 15 heavy (non-hydrogen) atoms. The number of aliphatic hydroxyl groups is 1. The van der Waals surface area contributed by atoms with Crippen molar-refractivity contribution in [2.45, 2.75) is 39.7 Å². The molecule has 0 aliphatic carbocycles. The molecule has 0 fully saturated rings. The lowest BCUT2D eigenvalue weighted by Gasteiger charge is -2.22. The van der Waals surface area contributed by atoms with Crippen molar-refractivity contribution < 1.29 is 14.6 Å². The molecule has 90 valence electrons. The van der Waals surface area contributed by atoms with Gasteiger partial charge in [-0.05, 0) is 26.3 Å². The van der Waals surface area contributed by atoms with E-state index in [-0.39, 0.29) is 18.6 Å². The van der Waals surface area contributed by atoms with E-state index in [1.165, 1.54) is 0 Å². The molecule has 1 atom stereocenters. The second kappa shape index (κ2) is 8.68. The zero-order valence-corrected chi connectivity index (χ0v) is 10.0. The predicted molar refractivity (Wildman–Crippen MR) is 59.7 cm³/mol. The van der Waals surface area contributed by atoms with Gasteiger partial charge in [0.2, 0.25) is 0 Å². The topological polar surface area (TPSA) is 49.8 Å². The molecule has 0 bridgehead atoms. The van der Waals surface area contributed by atoms with Crippen molar-refractivity contribution >= 4 is 5.97 Å². The molecular weight excluding hydrogens is 194 g/mol. The summed E-state index contributed by atoms with van der Waals surface area (Å²) in [4.78, 5) is 13.2. The van der Waals surface area contributed by atoms with Gasteiger partial charge in [-0.25, -0.2) is 0 Å². The molecule has 0 rings (SSSR count). The van der Waals surface area contributed by atoms with Gasteiger partial charge in [-0.1, -0.05) is 13.8 Å². The standard InChI is InChI=1S/C11H23NO3/c1-4-7-12(8-10(13)5-2)9-11(14)15-6-3/h10,13H,4-9H2,1-3H3. The van der Waals surface area contributed by atoms with E-state index in [0.717, 1.165) is 13.0 Å². The van der Waals surface area contributed by atoms with Gasteiger partial charge in [0.1, 0.15) is 0 Å². The Morgan fingerprint density at radius 3 is 2.53 bits per heavy atom. The predicted octanol–water partition coefficient (Wildman–Crippen LogP) is 1.03. The Hall–Kier alpha value is -0.610. The first-order valence-corrected chi connectivity index (χ1v) is 5.70. The monoisotopic (exact) mass is 217 g/mol. The number of carbonyl (C=O) groups excluding carboxylic acids is 1. The molecule has 0 amide bonds. The zero-order chi connectivity index (χ0) is 11.7. The van der Waals surface area contributed by atoms with Crippen LogP contribution >= 0.6 is 0 Å². The Morgan fingerprint density at radius 1 is 1.40 bits per heavy atom. The Kier molecular flexibility index (Phi) is 8.33. The lowest BCUT2D eigenvalue weighted by molar-refractivity contribution is -0.144. The van der Waals surface area contributed by atoms with Gasteiger partial charge in [0.05, 0.1) is 19.3 Å². The fraction of sp³-hybridized carbons (Fsp3) is 0.909. The van der Waals surface area contributed by atoms with Crippen molar-refractivity contribution in [3.8, 4) is 0 Å². The van der Waals surface area contributed by atoms with Crippen LogP contribution in [0.2, 0.25) is 0 Å². The first-order valence-electron chi connectivity index (χ1n) is 5.70. The van der Waals surface area contributed by atoms with E-state index in [9.17, 15) is 9.90 Å². The lowest BCUT2D eigenvalue weighted by atomic mass is 10.2. The summed E-state index contributed by atoms with van der Waals surface area (Å²) >= 11 is 0. The fourth-order valence-corrected chi connectivity index (χ4v) is 1.37. The molecule has 0 aliphatic heterocycles. The van der Waals surface area contributed by atoms with Crippen molar-refractivity contribution in [1.29, 1.82) is 0 Å². The van der Waals surface area contributed by atoms with Gasteiger partial charge in [-0.15, -0.1) is 0 Å². The van der Waals surface area contributed by atoms with Crippen LogP contribution in [0.15, 0.2) is 0 Å². The molecule has 0 radical (unpaired) electrons. The van der Waals surface area contributed by atoms with Crippen LogP contribution < -0.4 is 0 Å². The van der Waals surface area contributed by atoms with Crippen LogP contribution in [0.1, 0.15) is 33.6 Å². The van der Waals surface area contributed by atoms with Gasteiger partial charge in [0, 0.05) is 6.54 Å². The Morgan fingerprint density at radius 2 is 2.07 bits per heavy atom. The van der Waals surface area contributed by atoms with E-state index in [4.69, 9.17) is 4.74 Å². The average Bonchev–Trinajstić information content (AvgIpc) is 2.18. The fourth-order valence-electron chi connectivity index (χ4n) is 1.37. The minimum atomic E-state index is -0.356. The summed E-state index contributed by atoms with van der Waals surface area (Å²) in [6.07, 6.45) is 1.32. The summed E-state index contributed by atoms with van der Waals surface area (Å²) in [7, 11) is 0. The lowest BCUT2D eigenvalue weighted by Crippen LogP contribution is -2.37. The average molecular weight is 217 g/mol. The van der Waals surface area contributed by atoms with Crippen LogP contribution in [0.5, 0.6) is 0 Å². The highest BCUT2D eigenvalue weighted by molar-refractivity contribution is 5.71. The summed E-state index contributed by atoms with van der Waals surface area (Å²) in [5.74, 6) is -0.214. The molecule has 0 spiro atoms. The second-order valence-electron chi connectivity index (χ2n) is 3.60. The number of nitrogens with zero attached hydrogens (tertiary/aromatic N) is 1. The largest absolute Gasteiger partial charge is 0.465 e. The highest BCUT2D eigenvalue weighted by Gasteiger charge is 2.13. The van der Waals surface area contributed by atoms with Crippen LogP contribution in [-0.2, 0) is 9.53 Å². The maximum absolute atomic E-state index is 11.3. The van der Waals surface area contributed by atoms with E-state index in [2.05, 4.69) is 6.92 Å². The van der Waals surface area contributed by atoms with E-state index in [0.29, 0.717) is 19.6 Å². The number of carbonyl (C=O) groups is 1. The first kappa shape index (κ1) is 14.4. The molecular formula is C11H23NO3. The van der Waals surface area contributed by atoms with Gasteiger partial charge < -0.3 is 9.84 Å². The van der Waals surface area contributed by atoms with Gasteiger partial charge in [0.15, 0.2) is 0 Å². The highest BCUT2D eigenvalue weighted by atomic mass is 16.5. The van der Waals surface area contributed by atoms with Crippen LogP contribution in [0, 0.1) is 0 Å². The van der Waals surface area contributed by atoms with Crippen molar-refractivity contribution in [3.05, 3.63) is 0 Å². The SMILES string of the molecule is CCCN(CC(=O)OCC)CC(O)CC. The number of hydrogen-bond donors (Lipinski definition) is 1. The molecule has 4 nitrogen and oxygen atoms in total. The zero-order valence-electron chi connectivity index (χ0n) is 10.0. The minimum absolute atomic E-state index is 0.214. The molecule has 0 aromatic carbocycles. The van der Waals surface area contributed by atoms with E-state index in [1.54, 1.807) is 6.92 Å². The normalized spacial score (nSPS) is 12.9. The second-order valence-corrected chi connectivity index (χ2v) is 3.60. The highest BCUT2D eigenvalue weighted by Crippen LogP contribution is 1.98. The summed E-state index contributed by atoms with van der Waals surface area (Å²) in [6.45, 7) is 7.82. The van der Waals surface area contributed by atoms with E-state index >= 15 is 0 Å². The smallest absolute Gasteiger partial charge is 0.320 e. The molecule has 0 saturated carbocycles. The first-order chi connectivity index (χ1) is 7.13. The van der Waals surface area contributed by atoms with E-state index < -0.39 is 0 Å².